The zero-order valence-electron chi connectivity index (χ0n) is 16.0. The summed E-state index contributed by atoms with van der Waals surface area (Å²) in [7, 11) is 1.19. The minimum atomic E-state index is -1.81. The number of hydrogen-bond donors (Lipinski definition) is 2. The SMILES string of the molecule is CCCCOC(=O)C1=C(N)OC(C)=C(C(=O)OC)C12C(=O)Nc1ccccc12. The minimum absolute atomic E-state index is 0.0845. The molecule has 0 radical (unpaired) electrons. The van der Waals surface area contributed by atoms with Gasteiger partial charge < -0.3 is 25.3 Å². The third-order valence-electron chi connectivity index (χ3n) is 4.86. The van der Waals surface area contributed by atoms with Crippen molar-refractivity contribution in [3.05, 3.63) is 52.6 Å². The Balaban J connectivity index is 2.27. The molecular weight excluding hydrogens is 364 g/mol. The molecule has 8 nitrogen and oxygen atoms in total. The van der Waals surface area contributed by atoms with E-state index in [9.17, 15) is 14.4 Å². The highest BCUT2D eigenvalue weighted by atomic mass is 16.5. The van der Waals surface area contributed by atoms with Gasteiger partial charge in [-0.05, 0) is 19.4 Å². The maximum atomic E-state index is 13.3. The Morgan fingerprint density at radius 2 is 1.93 bits per heavy atom. The molecule has 0 aromatic heterocycles. The molecule has 1 aromatic rings. The van der Waals surface area contributed by atoms with E-state index in [1.807, 2.05) is 6.92 Å². The molecular formula is C20H22N2O6. The number of hydrogen-bond acceptors (Lipinski definition) is 7. The molecule has 148 valence electrons. The van der Waals surface area contributed by atoms with Crippen LogP contribution in [0.1, 0.15) is 32.3 Å². The summed E-state index contributed by atoms with van der Waals surface area (Å²) >= 11 is 0. The number of fused-ring (bicyclic) bond motifs is 2. The third kappa shape index (κ3) is 2.72. The average Bonchev–Trinajstić information content (AvgIpc) is 2.94. The summed E-state index contributed by atoms with van der Waals surface area (Å²) in [6, 6.07) is 6.77. The van der Waals surface area contributed by atoms with Crippen molar-refractivity contribution in [1.82, 2.24) is 0 Å². The normalized spacial score (nSPS) is 20.6. The molecule has 0 saturated carbocycles. The number of carbonyl (C=O) groups is 3. The van der Waals surface area contributed by atoms with Crippen LogP contribution in [0.2, 0.25) is 0 Å². The Morgan fingerprint density at radius 1 is 1.21 bits per heavy atom. The fraction of sp³-hybridized carbons (Fsp3) is 0.350. The lowest BCUT2D eigenvalue weighted by molar-refractivity contribution is -0.142. The molecule has 3 N–H and O–H groups in total. The zero-order valence-corrected chi connectivity index (χ0v) is 16.0. The van der Waals surface area contributed by atoms with E-state index < -0.39 is 23.3 Å². The van der Waals surface area contributed by atoms with Gasteiger partial charge in [-0.2, -0.15) is 0 Å². The summed E-state index contributed by atoms with van der Waals surface area (Å²) in [6.07, 6.45) is 1.47. The fourth-order valence-electron chi connectivity index (χ4n) is 3.63. The zero-order chi connectivity index (χ0) is 20.5. The first-order chi connectivity index (χ1) is 13.4. The van der Waals surface area contributed by atoms with Crippen LogP contribution in [0.25, 0.3) is 0 Å². The first kappa shape index (κ1) is 19.5. The molecule has 0 aliphatic carbocycles. The van der Waals surface area contributed by atoms with Crippen LogP contribution in [0.5, 0.6) is 0 Å². The molecule has 2 heterocycles. The van der Waals surface area contributed by atoms with E-state index in [0.29, 0.717) is 17.7 Å². The second-order valence-corrected chi connectivity index (χ2v) is 6.50. The van der Waals surface area contributed by atoms with Crippen LogP contribution >= 0.6 is 0 Å². The number of amides is 1. The highest BCUT2D eigenvalue weighted by molar-refractivity contribution is 6.21. The van der Waals surface area contributed by atoms with Gasteiger partial charge in [0.25, 0.3) is 0 Å². The predicted molar refractivity (Wildman–Crippen MR) is 99.6 cm³/mol. The van der Waals surface area contributed by atoms with Gasteiger partial charge >= 0.3 is 11.9 Å². The Kier molecular flexibility index (Phi) is 5.13. The Morgan fingerprint density at radius 3 is 2.61 bits per heavy atom. The van der Waals surface area contributed by atoms with Gasteiger partial charge in [0.2, 0.25) is 11.8 Å². The van der Waals surface area contributed by atoms with E-state index in [4.69, 9.17) is 19.9 Å². The first-order valence-electron chi connectivity index (χ1n) is 8.95. The Hall–Kier alpha value is -3.29. The first-order valence-corrected chi connectivity index (χ1v) is 8.95. The van der Waals surface area contributed by atoms with Crippen molar-refractivity contribution in [2.45, 2.75) is 32.1 Å². The summed E-state index contributed by atoms with van der Waals surface area (Å²) in [4.78, 5) is 38.9. The number of carbonyl (C=O) groups excluding carboxylic acids is 3. The molecule has 1 atom stereocenters. The van der Waals surface area contributed by atoms with Crippen molar-refractivity contribution in [2.24, 2.45) is 5.73 Å². The van der Waals surface area contributed by atoms with Crippen LogP contribution in [0.4, 0.5) is 5.69 Å². The van der Waals surface area contributed by atoms with Crippen LogP contribution in [0.15, 0.2) is 47.1 Å². The molecule has 3 rings (SSSR count). The standard InChI is InChI=1S/C20H22N2O6/c1-4-5-10-27-18(24)15-16(21)28-11(2)14(17(23)26-3)20(15)12-8-6-7-9-13(12)22-19(20)25/h6-9H,4-5,10,21H2,1-3H3,(H,22,25). The van der Waals surface area contributed by atoms with E-state index in [1.54, 1.807) is 24.3 Å². The maximum Gasteiger partial charge on any atom is 0.341 e. The van der Waals surface area contributed by atoms with Crippen LogP contribution < -0.4 is 11.1 Å². The Labute approximate surface area is 162 Å². The average molecular weight is 386 g/mol. The van der Waals surface area contributed by atoms with Gasteiger partial charge in [0, 0.05) is 11.3 Å². The number of nitrogens with one attached hydrogen (secondary N) is 1. The lowest BCUT2D eigenvalue weighted by atomic mass is 9.67. The number of ether oxygens (including phenoxy) is 3. The van der Waals surface area contributed by atoms with Gasteiger partial charge in [0.05, 0.1) is 13.7 Å². The molecule has 1 aromatic carbocycles. The van der Waals surface area contributed by atoms with Crippen molar-refractivity contribution in [3.63, 3.8) is 0 Å². The number of rotatable bonds is 5. The molecule has 1 amide bonds. The lowest BCUT2D eigenvalue weighted by Crippen LogP contribution is -2.48. The van der Waals surface area contributed by atoms with Crippen molar-refractivity contribution in [3.8, 4) is 0 Å². The second kappa shape index (κ2) is 7.38. The molecule has 2 aliphatic heterocycles. The highest BCUT2D eigenvalue weighted by Crippen LogP contribution is 2.52. The van der Waals surface area contributed by atoms with Crippen molar-refractivity contribution in [2.75, 3.05) is 19.0 Å². The summed E-state index contributed by atoms with van der Waals surface area (Å²) in [5, 5.41) is 2.73. The second-order valence-electron chi connectivity index (χ2n) is 6.50. The van der Waals surface area contributed by atoms with Crippen LogP contribution in [-0.4, -0.2) is 31.6 Å². The Bertz CT molecular complexity index is 917. The number of anilines is 1. The van der Waals surface area contributed by atoms with Crippen molar-refractivity contribution < 1.29 is 28.6 Å². The number of nitrogens with two attached hydrogens (primary N) is 1. The smallest absolute Gasteiger partial charge is 0.341 e. The van der Waals surface area contributed by atoms with Crippen molar-refractivity contribution >= 4 is 23.5 Å². The van der Waals surface area contributed by atoms with Crippen molar-refractivity contribution in [1.29, 1.82) is 0 Å². The monoisotopic (exact) mass is 386 g/mol. The van der Waals surface area contributed by atoms with E-state index in [0.717, 1.165) is 6.42 Å². The molecule has 0 fully saturated rings. The van der Waals surface area contributed by atoms with Gasteiger partial charge in [-0.3, -0.25) is 4.79 Å². The largest absolute Gasteiger partial charge is 0.466 e. The number of methoxy groups -OCH3 is 1. The maximum absolute atomic E-state index is 13.3. The highest BCUT2D eigenvalue weighted by Gasteiger charge is 2.61. The summed E-state index contributed by atoms with van der Waals surface area (Å²) in [5.74, 6) is -2.40. The van der Waals surface area contributed by atoms with E-state index in [1.165, 1.54) is 14.0 Å². The van der Waals surface area contributed by atoms with Gasteiger partial charge in [-0.25, -0.2) is 9.59 Å². The van der Waals surface area contributed by atoms with Crippen LogP contribution in [-0.2, 0) is 34.0 Å². The predicted octanol–water partition coefficient (Wildman–Crippen LogP) is 1.87. The summed E-state index contributed by atoms with van der Waals surface area (Å²) in [5.41, 5.74) is 4.79. The molecule has 1 spiro atoms. The molecule has 8 heteroatoms. The van der Waals surface area contributed by atoms with Gasteiger partial charge in [0.1, 0.15) is 22.3 Å². The minimum Gasteiger partial charge on any atom is -0.466 e. The van der Waals surface area contributed by atoms with Gasteiger partial charge in [0.15, 0.2) is 0 Å². The number of allylic oxidation sites excluding steroid dienone is 1. The molecule has 28 heavy (non-hydrogen) atoms. The van der Waals surface area contributed by atoms with Crippen LogP contribution in [0.3, 0.4) is 0 Å². The van der Waals surface area contributed by atoms with Crippen LogP contribution in [0, 0.1) is 0 Å². The van der Waals surface area contributed by atoms with Gasteiger partial charge in [-0.15, -0.1) is 0 Å². The number of esters is 2. The summed E-state index contributed by atoms with van der Waals surface area (Å²) < 4.78 is 15.7. The fourth-order valence-corrected chi connectivity index (χ4v) is 3.63. The number of para-hydroxylation sites is 1. The molecule has 0 bridgehead atoms. The van der Waals surface area contributed by atoms with E-state index >= 15 is 0 Å². The number of unbranched alkanes of at least 4 members (excludes halogenated alkanes) is 1. The van der Waals surface area contributed by atoms with E-state index in [2.05, 4.69) is 5.32 Å². The summed E-state index contributed by atoms with van der Waals surface area (Å²) in [6.45, 7) is 3.60. The quantitative estimate of drug-likeness (QED) is 0.586. The lowest BCUT2D eigenvalue weighted by Gasteiger charge is -2.35. The molecule has 2 aliphatic rings. The third-order valence-corrected chi connectivity index (χ3v) is 4.86. The van der Waals surface area contributed by atoms with E-state index in [-0.39, 0.29) is 29.4 Å². The number of benzene rings is 1. The van der Waals surface area contributed by atoms with Gasteiger partial charge in [-0.1, -0.05) is 31.5 Å². The molecule has 0 saturated heterocycles. The molecule has 1 unspecified atom stereocenters. The topological polar surface area (TPSA) is 117 Å².